The fraction of sp³-hybridized carbons (Fsp3) is 0.212. The Morgan fingerprint density at radius 3 is 2.29 bits per heavy atom. The summed E-state index contributed by atoms with van der Waals surface area (Å²) in [6, 6.07) is 17.1. The zero-order valence-electron chi connectivity index (χ0n) is 25.2. The second-order valence-corrected chi connectivity index (χ2v) is 11.6. The minimum atomic E-state index is -4.14. The van der Waals surface area contributed by atoms with Gasteiger partial charge in [0, 0.05) is 28.7 Å². The van der Waals surface area contributed by atoms with Crippen molar-refractivity contribution in [3.63, 3.8) is 0 Å². The van der Waals surface area contributed by atoms with E-state index >= 15 is 0 Å². The van der Waals surface area contributed by atoms with Gasteiger partial charge in [0.1, 0.15) is 10.6 Å². The molecule has 4 aromatic rings. The standard InChI is InChI=1S/C33H31F2NO8S/c1-20-6-7-21(2)31(16-20)45(39,40)44-29-14-8-24(18-30(29)41-5)9-15-32(38)42-19-28(37)27-17-22(3)36(23(27)4)25-10-12-26(13-11-25)43-33(34)35/h6-18,33H,19H2,1-5H3/b15-9+. The van der Waals surface area contributed by atoms with Crippen molar-refractivity contribution in [2.45, 2.75) is 39.2 Å². The molecule has 236 valence electrons. The minimum absolute atomic E-state index is 0.0105. The number of halogens is 2. The number of alkyl halides is 2. The van der Waals surface area contributed by atoms with Crippen molar-refractivity contribution in [3.8, 4) is 22.9 Å². The maximum absolute atomic E-state index is 12.9. The first-order valence-electron chi connectivity index (χ1n) is 13.6. The smallest absolute Gasteiger partial charge is 0.387 e. The molecule has 45 heavy (non-hydrogen) atoms. The monoisotopic (exact) mass is 639 g/mol. The van der Waals surface area contributed by atoms with Gasteiger partial charge in [0.2, 0.25) is 5.78 Å². The molecule has 0 fully saturated rings. The van der Waals surface area contributed by atoms with Gasteiger partial charge in [0.05, 0.1) is 7.11 Å². The number of carbonyl (C=O) groups is 2. The van der Waals surface area contributed by atoms with Crippen molar-refractivity contribution in [2.24, 2.45) is 0 Å². The fourth-order valence-electron chi connectivity index (χ4n) is 4.64. The van der Waals surface area contributed by atoms with Crippen molar-refractivity contribution in [1.29, 1.82) is 0 Å². The van der Waals surface area contributed by atoms with Crippen molar-refractivity contribution < 1.29 is 45.2 Å². The Morgan fingerprint density at radius 2 is 1.62 bits per heavy atom. The number of esters is 1. The number of benzene rings is 3. The van der Waals surface area contributed by atoms with Crippen LogP contribution in [-0.2, 0) is 19.6 Å². The van der Waals surface area contributed by atoms with Gasteiger partial charge in [-0.1, -0.05) is 18.2 Å². The summed E-state index contributed by atoms with van der Waals surface area (Å²) >= 11 is 0. The van der Waals surface area contributed by atoms with E-state index in [2.05, 4.69) is 4.74 Å². The van der Waals surface area contributed by atoms with E-state index in [1.54, 1.807) is 62.6 Å². The van der Waals surface area contributed by atoms with Gasteiger partial charge in [-0.15, -0.1) is 0 Å². The molecule has 0 amide bonds. The molecule has 9 nitrogen and oxygen atoms in total. The first-order valence-corrected chi connectivity index (χ1v) is 15.0. The van der Waals surface area contributed by atoms with Gasteiger partial charge >= 0.3 is 22.7 Å². The Hall–Kier alpha value is -4.97. The second kappa shape index (κ2) is 13.8. The maximum atomic E-state index is 12.9. The number of aromatic nitrogens is 1. The molecule has 3 aromatic carbocycles. The van der Waals surface area contributed by atoms with Crippen LogP contribution in [0.25, 0.3) is 11.8 Å². The van der Waals surface area contributed by atoms with Crippen LogP contribution in [-0.4, -0.2) is 45.1 Å². The SMILES string of the molecule is COc1cc(/C=C/C(=O)OCC(=O)c2cc(C)n(-c3ccc(OC(F)F)cc3)c2C)ccc1OS(=O)(=O)c1cc(C)ccc1C. The quantitative estimate of drug-likeness (QED) is 0.0745. The minimum Gasteiger partial charge on any atom is -0.493 e. The highest BCUT2D eigenvalue weighted by atomic mass is 32.2. The van der Waals surface area contributed by atoms with Crippen molar-refractivity contribution >= 4 is 27.9 Å². The van der Waals surface area contributed by atoms with Crippen LogP contribution in [0.4, 0.5) is 8.78 Å². The summed E-state index contributed by atoms with van der Waals surface area (Å²) in [5.74, 6) is -1.10. The number of ketones is 1. The molecule has 0 aliphatic carbocycles. The molecule has 0 radical (unpaired) electrons. The zero-order valence-corrected chi connectivity index (χ0v) is 26.0. The van der Waals surface area contributed by atoms with E-state index in [0.717, 1.165) is 11.6 Å². The van der Waals surface area contributed by atoms with E-state index in [9.17, 15) is 26.8 Å². The average molecular weight is 640 g/mol. The molecule has 1 aromatic heterocycles. The van der Waals surface area contributed by atoms with Gasteiger partial charge in [0.25, 0.3) is 0 Å². The number of rotatable bonds is 12. The number of ether oxygens (including phenoxy) is 3. The fourth-order valence-corrected chi connectivity index (χ4v) is 5.90. The first-order chi connectivity index (χ1) is 21.3. The molecule has 0 unspecified atom stereocenters. The summed E-state index contributed by atoms with van der Waals surface area (Å²) in [5.41, 5.74) is 4.07. The number of Topliss-reactive ketones (excluding diaryl/α,β-unsaturated/α-hetero) is 1. The van der Waals surface area contributed by atoms with E-state index < -0.39 is 35.1 Å². The Bertz CT molecular complexity index is 1860. The van der Waals surface area contributed by atoms with Gasteiger partial charge in [-0.3, -0.25) is 4.79 Å². The highest BCUT2D eigenvalue weighted by Gasteiger charge is 2.22. The molecular weight excluding hydrogens is 608 g/mol. The lowest BCUT2D eigenvalue weighted by Gasteiger charge is -2.13. The first kappa shape index (κ1) is 32.9. The van der Waals surface area contributed by atoms with Crippen LogP contribution < -0.4 is 13.7 Å². The molecule has 1 heterocycles. The second-order valence-electron chi connectivity index (χ2n) is 10.1. The van der Waals surface area contributed by atoms with Crippen LogP contribution in [0.2, 0.25) is 0 Å². The summed E-state index contributed by atoms with van der Waals surface area (Å²) in [6.07, 6.45) is 2.55. The molecule has 0 N–H and O–H groups in total. The highest BCUT2D eigenvalue weighted by Crippen LogP contribution is 2.32. The number of aryl methyl sites for hydroxylation is 3. The Kier molecular flexibility index (Phi) is 10.1. The topological polar surface area (TPSA) is 110 Å². The van der Waals surface area contributed by atoms with Crippen LogP contribution in [0.15, 0.2) is 77.7 Å². The molecule has 0 saturated carbocycles. The van der Waals surface area contributed by atoms with E-state index in [0.29, 0.717) is 33.8 Å². The van der Waals surface area contributed by atoms with E-state index in [1.165, 1.54) is 49.6 Å². The lowest BCUT2D eigenvalue weighted by Crippen LogP contribution is -2.13. The summed E-state index contributed by atoms with van der Waals surface area (Å²) in [4.78, 5) is 25.3. The lowest BCUT2D eigenvalue weighted by molar-refractivity contribution is -0.136. The van der Waals surface area contributed by atoms with E-state index in [1.807, 2.05) is 0 Å². The predicted octanol–water partition coefficient (Wildman–Crippen LogP) is 6.53. The molecule has 12 heteroatoms. The number of nitrogens with zero attached hydrogens (tertiary/aromatic N) is 1. The third-order valence-corrected chi connectivity index (χ3v) is 8.19. The molecule has 0 saturated heterocycles. The molecule has 4 rings (SSSR count). The van der Waals surface area contributed by atoms with Crippen LogP contribution in [0.1, 0.15) is 38.4 Å². The van der Waals surface area contributed by atoms with Gasteiger partial charge in [-0.25, -0.2) is 4.79 Å². The number of hydrogen-bond acceptors (Lipinski definition) is 8. The molecule has 0 aliphatic rings. The maximum Gasteiger partial charge on any atom is 0.387 e. The summed E-state index contributed by atoms with van der Waals surface area (Å²) in [5, 5.41) is 0. The highest BCUT2D eigenvalue weighted by molar-refractivity contribution is 7.87. The van der Waals surface area contributed by atoms with Crippen molar-refractivity contribution in [1.82, 2.24) is 4.57 Å². The normalized spacial score (nSPS) is 11.6. The van der Waals surface area contributed by atoms with Crippen LogP contribution >= 0.6 is 0 Å². The molecule has 0 atom stereocenters. The number of carbonyl (C=O) groups excluding carboxylic acids is 2. The Balaban J connectivity index is 1.40. The van der Waals surface area contributed by atoms with Gasteiger partial charge < -0.3 is 23.0 Å². The third kappa shape index (κ3) is 7.95. The summed E-state index contributed by atoms with van der Waals surface area (Å²) in [6.45, 7) is 3.51. The van der Waals surface area contributed by atoms with E-state index in [-0.39, 0.29) is 22.1 Å². The van der Waals surface area contributed by atoms with Gasteiger partial charge in [0.15, 0.2) is 18.1 Å². The Labute approximate surface area is 259 Å². The zero-order chi connectivity index (χ0) is 32.9. The largest absolute Gasteiger partial charge is 0.493 e. The van der Waals surface area contributed by atoms with E-state index in [4.69, 9.17) is 13.7 Å². The predicted molar refractivity (Wildman–Crippen MR) is 163 cm³/mol. The molecule has 0 spiro atoms. The van der Waals surface area contributed by atoms with Crippen LogP contribution in [0.5, 0.6) is 17.2 Å². The average Bonchev–Trinajstić information content (AvgIpc) is 3.29. The molecular formula is C33H31F2NO8S. The Morgan fingerprint density at radius 1 is 0.911 bits per heavy atom. The van der Waals surface area contributed by atoms with Crippen molar-refractivity contribution in [3.05, 3.63) is 106 Å². The summed E-state index contributed by atoms with van der Waals surface area (Å²) in [7, 11) is -2.78. The molecule has 0 bridgehead atoms. The number of hydrogen-bond donors (Lipinski definition) is 0. The van der Waals surface area contributed by atoms with Gasteiger partial charge in [-0.05, 0) is 99.0 Å². The lowest BCUT2D eigenvalue weighted by atomic mass is 10.1. The van der Waals surface area contributed by atoms with Gasteiger partial charge in [-0.2, -0.15) is 17.2 Å². The number of methoxy groups -OCH3 is 1. The van der Waals surface area contributed by atoms with Crippen LogP contribution in [0, 0.1) is 27.7 Å². The summed E-state index contributed by atoms with van der Waals surface area (Å²) < 4.78 is 72.7. The molecule has 0 aliphatic heterocycles. The van der Waals surface area contributed by atoms with Crippen LogP contribution in [0.3, 0.4) is 0 Å². The third-order valence-electron chi connectivity index (χ3n) is 6.81. The van der Waals surface area contributed by atoms with Crippen molar-refractivity contribution in [2.75, 3.05) is 13.7 Å².